The van der Waals surface area contributed by atoms with Crippen molar-refractivity contribution in [3.63, 3.8) is 0 Å². The number of methoxy groups -OCH3 is 1. The molecule has 7 nitrogen and oxygen atoms in total. The maximum absolute atomic E-state index is 13.4. The smallest absolute Gasteiger partial charge is 0.416 e. The van der Waals surface area contributed by atoms with Crippen LogP contribution in [-0.2, 0) is 25.7 Å². The quantitative estimate of drug-likeness (QED) is 0.638. The van der Waals surface area contributed by atoms with E-state index in [9.17, 15) is 26.4 Å². The maximum atomic E-state index is 13.4. The molecule has 1 aliphatic heterocycles. The second kappa shape index (κ2) is 9.78. The molecule has 0 radical (unpaired) electrons. The van der Waals surface area contributed by atoms with Crippen molar-refractivity contribution in [2.45, 2.75) is 30.0 Å². The van der Waals surface area contributed by atoms with Crippen LogP contribution in [0.25, 0.3) is 0 Å². The molecule has 3 rings (SSSR count). The molecular formula is C21H23F3N2O5S. The molecule has 0 saturated carbocycles. The van der Waals surface area contributed by atoms with Gasteiger partial charge in [0.05, 0.1) is 29.4 Å². The molecule has 0 aliphatic carbocycles. The van der Waals surface area contributed by atoms with Gasteiger partial charge in [-0.05, 0) is 43.2 Å². The molecule has 11 heteroatoms. The lowest BCUT2D eigenvalue weighted by molar-refractivity contribution is -0.137. The Labute approximate surface area is 184 Å². The molecule has 2 aromatic carbocycles. The highest BCUT2D eigenvalue weighted by Gasteiger charge is 2.34. The van der Waals surface area contributed by atoms with E-state index < -0.39 is 39.1 Å². The molecular weight excluding hydrogens is 449 g/mol. The summed E-state index contributed by atoms with van der Waals surface area (Å²) in [6.07, 6.45) is -3.23. The number of nitrogens with zero attached hydrogens (tertiary/aromatic N) is 1. The lowest BCUT2D eigenvalue weighted by atomic mass is 10.2. The van der Waals surface area contributed by atoms with Crippen LogP contribution >= 0.6 is 0 Å². The Bertz CT molecular complexity index is 1050. The Balaban J connectivity index is 1.95. The standard InChI is InChI=1S/C21H23F3N2O5S/c1-30-19-10-3-2-9-18(19)26(14-20(27)25-13-16-7-5-11-31-16)32(28,29)17-8-4-6-15(12-17)21(22,23)24/h2-4,6,8-10,12,16H,5,7,11,13-14H2,1H3,(H,25,27). The average Bonchev–Trinajstić information content (AvgIpc) is 3.29. The minimum absolute atomic E-state index is 0.0275. The van der Waals surface area contributed by atoms with Gasteiger partial charge in [0.25, 0.3) is 10.0 Å². The predicted molar refractivity (Wildman–Crippen MR) is 111 cm³/mol. The Morgan fingerprint density at radius 2 is 1.97 bits per heavy atom. The van der Waals surface area contributed by atoms with Crippen molar-refractivity contribution in [3.8, 4) is 5.75 Å². The monoisotopic (exact) mass is 472 g/mol. The number of nitrogens with one attached hydrogen (secondary N) is 1. The average molecular weight is 472 g/mol. The number of alkyl halides is 3. The third-order valence-electron chi connectivity index (χ3n) is 4.94. The van der Waals surface area contributed by atoms with Gasteiger partial charge in [-0.1, -0.05) is 18.2 Å². The zero-order chi connectivity index (χ0) is 23.4. The van der Waals surface area contributed by atoms with Gasteiger partial charge in [0.1, 0.15) is 12.3 Å². The first kappa shape index (κ1) is 23.9. The highest BCUT2D eigenvalue weighted by Crippen LogP contribution is 2.34. The van der Waals surface area contributed by atoms with Crippen molar-refractivity contribution in [2.75, 3.05) is 31.1 Å². The van der Waals surface area contributed by atoms with Crippen molar-refractivity contribution in [1.29, 1.82) is 0 Å². The number of benzene rings is 2. The molecule has 1 amide bonds. The van der Waals surface area contributed by atoms with E-state index >= 15 is 0 Å². The second-order valence-electron chi connectivity index (χ2n) is 7.15. The molecule has 1 heterocycles. The van der Waals surface area contributed by atoms with Gasteiger partial charge in [0, 0.05) is 13.2 Å². The minimum Gasteiger partial charge on any atom is -0.495 e. The van der Waals surface area contributed by atoms with Gasteiger partial charge in [0.15, 0.2) is 0 Å². The van der Waals surface area contributed by atoms with Crippen LogP contribution in [0.1, 0.15) is 18.4 Å². The van der Waals surface area contributed by atoms with E-state index in [1.165, 1.54) is 25.3 Å². The van der Waals surface area contributed by atoms with Crippen LogP contribution in [0.5, 0.6) is 5.75 Å². The summed E-state index contributed by atoms with van der Waals surface area (Å²) in [5.74, 6) is -0.475. The third kappa shape index (κ3) is 5.52. The highest BCUT2D eigenvalue weighted by atomic mass is 32.2. The van der Waals surface area contributed by atoms with E-state index in [1.54, 1.807) is 6.07 Å². The van der Waals surface area contributed by atoms with E-state index in [-0.39, 0.29) is 24.1 Å². The number of rotatable bonds is 8. The normalized spacial score (nSPS) is 16.6. The number of carbonyl (C=O) groups is 1. The summed E-state index contributed by atoms with van der Waals surface area (Å²) in [5, 5.41) is 2.63. The zero-order valence-corrected chi connectivity index (χ0v) is 18.1. The summed E-state index contributed by atoms with van der Waals surface area (Å²) in [5.41, 5.74) is -1.08. The molecule has 1 fully saturated rings. The van der Waals surface area contributed by atoms with Crippen molar-refractivity contribution >= 4 is 21.6 Å². The number of halogens is 3. The number of hydrogen-bond donors (Lipinski definition) is 1. The fraction of sp³-hybridized carbons (Fsp3) is 0.381. The molecule has 174 valence electrons. The van der Waals surface area contributed by atoms with Crippen LogP contribution in [0.3, 0.4) is 0 Å². The third-order valence-corrected chi connectivity index (χ3v) is 6.70. The highest BCUT2D eigenvalue weighted by molar-refractivity contribution is 7.92. The van der Waals surface area contributed by atoms with Crippen LogP contribution < -0.4 is 14.4 Å². The Morgan fingerprint density at radius 3 is 2.62 bits per heavy atom. The molecule has 0 spiro atoms. The fourth-order valence-electron chi connectivity index (χ4n) is 3.31. The molecule has 1 aliphatic rings. The summed E-state index contributed by atoms with van der Waals surface area (Å²) >= 11 is 0. The number of anilines is 1. The van der Waals surface area contributed by atoms with Crippen LogP contribution in [0, 0.1) is 0 Å². The van der Waals surface area contributed by atoms with Gasteiger partial charge in [-0.2, -0.15) is 13.2 Å². The fourth-order valence-corrected chi connectivity index (χ4v) is 4.79. The topological polar surface area (TPSA) is 84.9 Å². The lowest BCUT2D eigenvalue weighted by Crippen LogP contribution is -2.43. The summed E-state index contributed by atoms with van der Waals surface area (Å²) in [6.45, 7) is 0.158. The van der Waals surface area contributed by atoms with Gasteiger partial charge in [-0.25, -0.2) is 8.42 Å². The SMILES string of the molecule is COc1ccccc1N(CC(=O)NCC1CCCO1)S(=O)(=O)c1cccc(C(F)(F)F)c1. The minimum atomic E-state index is -4.72. The van der Waals surface area contributed by atoms with Crippen LogP contribution in [0.15, 0.2) is 53.4 Å². The van der Waals surface area contributed by atoms with E-state index in [0.717, 1.165) is 35.3 Å². The van der Waals surface area contributed by atoms with Crippen molar-refractivity contribution in [3.05, 3.63) is 54.1 Å². The van der Waals surface area contributed by atoms with Crippen LogP contribution in [-0.4, -0.2) is 47.2 Å². The van der Waals surface area contributed by atoms with Crippen molar-refractivity contribution in [1.82, 2.24) is 5.32 Å². The van der Waals surface area contributed by atoms with Gasteiger partial charge in [-0.15, -0.1) is 0 Å². The first-order valence-electron chi connectivity index (χ1n) is 9.84. The molecule has 2 aromatic rings. The maximum Gasteiger partial charge on any atom is 0.416 e. The first-order chi connectivity index (χ1) is 15.1. The Kier molecular flexibility index (Phi) is 7.29. The van der Waals surface area contributed by atoms with E-state index in [1.807, 2.05) is 0 Å². The molecule has 1 atom stereocenters. The number of para-hydroxylation sites is 2. The number of sulfonamides is 1. The number of hydrogen-bond acceptors (Lipinski definition) is 5. The summed E-state index contributed by atoms with van der Waals surface area (Å²) in [4.78, 5) is 12.0. The Hall–Kier alpha value is -2.79. The summed E-state index contributed by atoms with van der Waals surface area (Å²) in [6, 6.07) is 9.44. The van der Waals surface area contributed by atoms with Gasteiger partial charge < -0.3 is 14.8 Å². The van der Waals surface area contributed by atoms with Crippen molar-refractivity contribution in [2.24, 2.45) is 0 Å². The second-order valence-corrected chi connectivity index (χ2v) is 9.01. The molecule has 1 unspecified atom stereocenters. The molecule has 32 heavy (non-hydrogen) atoms. The van der Waals surface area contributed by atoms with Crippen LogP contribution in [0.4, 0.5) is 18.9 Å². The zero-order valence-electron chi connectivity index (χ0n) is 17.3. The van der Waals surface area contributed by atoms with E-state index in [4.69, 9.17) is 9.47 Å². The number of amides is 1. The number of ether oxygens (including phenoxy) is 2. The molecule has 1 N–H and O–H groups in total. The first-order valence-corrected chi connectivity index (χ1v) is 11.3. The van der Waals surface area contributed by atoms with Gasteiger partial charge in [-0.3, -0.25) is 9.10 Å². The van der Waals surface area contributed by atoms with E-state index in [2.05, 4.69) is 5.32 Å². The largest absolute Gasteiger partial charge is 0.495 e. The van der Waals surface area contributed by atoms with Gasteiger partial charge >= 0.3 is 6.18 Å². The van der Waals surface area contributed by atoms with Crippen LogP contribution in [0.2, 0.25) is 0 Å². The van der Waals surface area contributed by atoms with Crippen molar-refractivity contribution < 1.29 is 35.9 Å². The Morgan fingerprint density at radius 1 is 1.22 bits per heavy atom. The molecule has 0 aromatic heterocycles. The summed E-state index contributed by atoms with van der Waals surface area (Å²) in [7, 11) is -3.22. The van der Waals surface area contributed by atoms with E-state index in [0.29, 0.717) is 12.7 Å². The molecule has 0 bridgehead atoms. The molecule has 1 saturated heterocycles. The van der Waals surface area contributed by atoms with Gasteiger partial charge in [0.2, 0.25) is 5.91 Å². The summed E-state index contributed by atoms with van der Waals surface area (Å²) < 4.78 is 77.6. The number of carbonyl (C=O) groups excluding carboxylic acids is 1. The lowest BCUT2D eigenvalue weighted by Gasteiger charge is -2.26. The predicted octanol–water partition coefficient (Wildman–Crippen LogP) is 3.20.